The lowest BCUT2D eigenvalue weighted by Crippen LogP contribution is -2.17. The van der Waals surface area contributed by atoms with Gasteiger partial charge in [-0.25, -0.2) is 0 Å². The van der Waals surface area contributed by atoms with E-state index in [9.17, 15) is 14.9 Å². The van der Waals surface area contributed by atoms with Crippen LogP contribution in [0.2, 0.25) is 0 Å². The van der Waals surface area contributed by atoms with Crippen molar-refractivity contribution >= 4 is 46.0 Å². The smallest absolute Gasteiger partial charge is 0.269 e. The molecule has 0 aliphatic carbocycles. The first-order valence-corrected chi connectivity index (χ1v) is 10.2. The molecule has 0 saturated carbocycles. The first kappa shape index (κ1) is 21.6. The lowest BCUT2D eigenvalue weighted by atomic mass is 10.2. The van der Waals surface area contributed by atoms with Crippen molar-refractivity contribution in [1.82, 2.24) is 5.32 Å². The van der Waals surface area contributed by atoms with Crippen LogP contribution in [0.4, 0.5) is 5.69 Å². The van der Waals surface area contributed by atoms with E-state index in [2.05, 4.69) is 5.32 Å². The number of nitro benzene ring substituents is 1. The molecule has 1 heterocycles. The summed E-state index contributed by atoms with van der Waals surface area (Å²) in [5.74, 6) is 1.40. The average Bonchev–Trinajstić information content (AvgIpc) is 3.04. The van der Waals surface area contributed by atoms with Gasteiger partial charge < -0.3 is 19.5 Å². The number of thiocarbonyl (C=S) groups is 1. The number of amides is 1. The minimum atomic E-state index is -0.464. The lowest BCUT2D eigenvalue weighted by molar-refractivity contribution is -0.384. The van der Waals surface area contributed by atoms with E-state index >= 15 is 0 Å². The number of carbonyl (C=O) groups is 1. The third-order valence-corrected chi connectivity index (χ3v) is 5.03. The molecule has 1 aliphatic rings. The molecule has 1 N–H and O–H groups in total. The molecule has 0 spiro atoms. The van der Waals surface area contributed by atoms with Crippen LogP contribution in [0.1, 0.15) is 12.5 Å². The van der Waals surface area contributed by atoms with Gasteiger partial charge in [0.05, 0.1) is 16.4 Å². The molecule has 8 nitrogen and oxygen atoms in total. The zero-order chi connectivity index (χ0) is 21.5. The molecule has 1 fully saturated rings. The number of nitrogens with zero attached hydrogens (tertiary/aromatic N) is 1. The number of ether oxygens (including phenoxy) is 3. The largest absolute Gasteiger partial charge is 0.490 e. The zero-order valence-electron chi connectivity index (χ0n) is 16.0. The molecule has 1 aliphatic heterocycles. The first-order chi connectivity index (χ1) is 14.5. The fraction of sp³-hybridized carbons (Fsp3) is 0.200. The van der Waals surface area contributed by atoms with E-state index in [1.165, 1.54) is 36.0 Å². The normalized spacial score (nSPS) is 14.5. The molecule has 30 heavy (non-hydrogen) atoms. The van der Waals surface area contributed by atoms with Crippen LogP contribution in [0.25, 0.3) is 6.08 Å². The van der Waals surface area contributed by atoms with Crippen LogP contribution >= 0.6 is 24.0 Å². The van der Waals surface area contributed by atoms with Crippen LogP contribution in [-0.2, 0) is 4.79 Å². The van der Waals surface area contributed by atoms with Crippen molar-refractivity contribution in [2.45, 2.75) is 6.92 Å². The molecule has 0 aromatic heterocycles. The molecule has 0 bridgehead atoms. The molecule has 0 radical (unpaired) electrons. The summed E-state index contributed by atoms with van der Waals surface area (Å²) in [6.07, 6.45) is 1.74. The Kier molecular flexibility index (Phi) is 7.26. The number of thioether (sulfide) groups is 1. The maximum atomic E-state index is 11.8. The Balaban J connectivity index is 1.60. The Morgan fingerprint density at radius 3 is 2.47 bits per heavy atom. The van der Waals surface area contributed by atoms with E-state index in [4.69, 9.17) is 26.4 Å². The van der Waals surface area contributed by atoms with Crippen LogP contribution in [-0.4, -0.2) is 35.0 Å². The maximum absolute atomic E-state index is 11.8. The molecule has 0 atom stereocenters. The zero-order valence-corrected chi connectivity index (χ0v) is 17.6. The Morgan fingerprint density at radius 2 is 1.83 bits per heavy atom. The lowest BCUT2D eigenvalue weighted by Gasteiger charge is -2.13. The van der Waals surface area contributed by atoms with Gasteiger partial charge >= 0.3 is 0 Å². The highest BCUT2D eigenvalue weighted by atomic mass is 32.2. The summed E-state index contributed by atoms with van der Waals surface area (Å²) < 4.78 is 17.4. The van der Waals surface area contributed by atoms with Gasteiger partial charge in [-0.05, 0) is 42.8 Å². The Bertz CT molecular complexity index is 991. The van der Waals surface area contributed by atoms with Crippen molar-refractivity contribution in [3.8, 4) is 17.2 Å². The van der Waals surface area contributed by atoms with Gasteiger partial charge in [0.25, 0.3) is 11.6 Å². The number of rotatable bonds is 9. The van der Waals surface area contributed by atoms with Gasteiger partial charge in [0, 0.05) is 12.1 Å². The summed E-state index contributed by atoms with van der Waals surface area (Å²) in [7, 11) is 0. The van der Waals surface area contributed by atoms with Gasteiger partial charge in [-0.1, -0.05) is 30.0 Å². The fourth-order valence-electron chi connectivity index (χ4n) is 2.55. The summed E-state index contributed by atoms with van der Waals surface area (Å²) in [6.45, 7) is 2.83. The Labute approximate surface area is 182 Å². The predicted molar refractivity (Wildman–Crippen MR) is 118 cm³/mol. The van der Waals surface area contributed by atoms with Crippen LogP contribution < -0.4 is 19.5 Å². The second kappa shape index (κ2) is 10.1. The SMILES string of the molecule is CCOc1cc(C=C2SC(=S)NC2=O)ccc1OCCOc1ccc([N+](=O)[O-])cc1. The predicted octanol–water partition coefficient (Wildman–Crippen LogP) is 3.94. The second-order valence-corrected chi connectivity index (χ2v) is 7.66. The topological polar surface area (TPSA) is 99.9 Å². The number of nitrogens with one attached hydrogen (secondary N) is 1. The van der Waals surface area contributed by atoms with Crippen molar-refractivity contribution in [2.24, 2.45) is 0 Å². The number of nitro groups is 1. The summed E-state index contributed by atoms with van der Waals surface area (Å²) in [5, 5.41) is 13.2. The molecule has 2 aromatic carbocycles. The van der Waals surface area contributed by atoms with Gasteiger partial charge in [0.15, 0.2) is 11.5 Å². The van der Waals surface area contributed by atoms with E-state index in [1.807, 2.05) is 13.0 Å². The number of hydrogen-bond donors (Lipinski definition) is 1. The molecule has 156 valence electrons. The quantitative estimate of drug-likeness (QED) is 0.203. The molecule has 1 saturated heterocycles. The van der Waals surface area contributed by atoms with E-state index in [-0.39, 0.29) is 24.8 Å². The van der Waals surface area contributed by atoms with Crippen molar-refractivity contribution in [1.29, 1.82) is 0 Å². The highest BCUT2D eigenvalue weighted by molar-refractivity contribution is 8.26. The highest BCUT2D eigenvalue weighted by Gasteiger charge is 2.22. The molecule has 2 aromatic rings. The van der Waals surface area contributed by atoms with E-state index in [0.29, 0.717) is 33.1 Å². The number of hydrogen-bond acceptors (Lipinski definition) is 8. The van der Waals surface area contributed by atoms with Gasteiger partial charge in [-0.2, -0.15) is 0 Å². The number of non-ortho nitro benzene ring substituents is 1. The van der Waals surface area contributed by atoms with Crippen LogP contribution in [0.5, 0.6) is 17.2 Å². The van der Waals surface area contributed by atoms with Gasteiger partial charge in [0.2, 0.25) is 0 Å². The van der Waals surface area contributed by atoms with Crippen LogP contribution in [0.15, 0.2) is 47.4 Å². The molecular weight excluding hydrogens is 428 g/mol. The summed E-state index contributed by atoms with van der Waals surface area (Å²) in [6, 6.07) is 11.2. The van der Waals surface area contributed by atoms with E-state index in [1.54, 1.807) is 18.2 Å². The molecule has 3 rings (SSSR count). The Morgan fingerprint density at radius 1 is 1.10 bits per heavy atom. The number of carbonyl (C=O) groups excluding carboxylic acids is 1. The molecule has 10 heteroatoms. The maximum Gasteiger partial charge on any atom is 0.269 e. The second-order valence-electron chi connectivity index (χ2n) is 5.94. The van der Waals surface area contributed by atoms with E-state index in [0.717, 1.165) is 5.56 Å². The fourth-order valence-corrected chi connectivity index (χ4v) is 3.59. The standard InChI is InChI=1S/C20H18N2O6S2/c1-2-26-17-11-13(12-18-19(23)21-20(29)30-18)3-8-16(17)28-10-9-27-15-6-4-14(5-7-15)22(24)25/h3-8,11-12H,2,9-10H2,1H3,(H,21,23,29). The third kappa shape index (κ3) is 5.71. The van der Waals surface area contributed by atoms with E-state index < -0.39 is 4.92 Å². The van der Waals surface area contributed by atoms with Crippen LogP contribution in [0.3, 0.4) is 0 Å². The molecular formula is C20H18N2O6S2. The summed E-state index contributed by atoms with van der Waals surface area (Å²) in [5.41, 5.74) is 0.792. The van der Waals surface area contributed by atoms with Gasteiger partial charge in [-0.3, -0.25) is 14.9 Å². The van der Waals surface area contributed by atoms with Gasteiger partial charge in [-0.15, -0.1) is 0 Å². The third-order valence-electron chi connectivity index (χ3n) is 3.86. The van der Waals surface area contributed by atoms with Crippen molar-refractivity contribution < 1.29 is 23.9 Å². The highest BCUT2D eigenvalue weighted by Crippen LogP contribution is 2.32. The minimum Gasteiger partial charge on any atom is -0.490 e. The van der Waals surface area contributed by atoms with Crippen molar-refractivity contribution in [3.05, 3.63) is 63.0 Å². The summed E-state index contributed by atoms with van der Waals surface area (Å²) >= 11 is 6.21. The van der Waals surface area contributed by atoms with Crippen LogP contribution in [0, 0.1) is 10.1 Å². The Hall–Kier alpha value is -3.11. The minimum absolute atomic E-state index is 0.00493. The van der Waals surface area contributed by atoms with Gasteiger partial charge in [0.1, 0.15) is 23.3 Å². The monoisotopic (exact) mass is 446 g/mol. The summed E-state index contributed by atoms with van der Waals surface area (Å²) in [4.78, 5) is 22.5. The number of benzene rings is 2. The molecule has 1 amide bonds. The first-order valence-electron chi connectivity index (χ1n) is 8.98. The van der Waals surface area contributed by atoms with Crippen molar-refractivity contribution in [3.63, 3.8) is 0 Å². The average molecular weight is 447 g/mol. The molecule has 0 unspecified atom stereocenters. The van der Waals surface area contributed by atoms with Crippen molar-refractivity contribution in [2.75, 3.05) is 19.8 Å².